The molecule has 0 amide bonds. The van der Waals surface area contributed by atoms with Crippen molar-refractivity contribution < 1.29 is 4.58 Å². The number of allylic oxidation sites excluding steroid dienone is 1. The van der Waals surface area contributed by atoms with Crippen molar-refractivity contribution in [3.63, 3.8) is 0 Å². The molecule has 9 aromatic rings. The van der Waals surface area contributed by atoms with Crippen LogP contribution in [0.2, 0.25) is 0 Å². The second kappa shape index (κ2) is 11.3. The van der Waals surface area contributed by atoms with Gasteiger partial charge in [-0.25, -0.2) is 0 Å². The lowest BCUT2D eigenvalue weighted by Crippen LogP contribution is -2.25. The van der Waals surface area contributed by atoms with Crippen molar-refractivity contribution in [2.24, 2.45) is 0 Å². The molecule has 0 spiro atoms. The summed E-state index contributed by atoms with van der Waals surface area (Å²) in [6, 6.07) is 64.3. The van der Waals surface area contributed by atoms with Crippen molar-refractivity contribution in [2.75, 3.05) is 0 Å². The zero-order valence-corrected chi connectivity index (χ0v) is 27.5. The Bertz CT molecular complexity index is 2710. The summed E-state index contributed by atoms with van der Waals surface area (Å²) < 4.78 is 5.11. The molecule has 10 rings (SSSR count). The molecule has 0 fully saturated rings. The van der Waals surface area contributed by atoms with Crippen LogP contribution in [0.1, 0.15) is 11.1 Å². The molecule has 0 saturated heterocycles. The van der Waals surface area contributed by atoms with Gasteiger partial charge in [0.1, 0.15) is 0 Å². The number of thiophene rings is 1. The molecule has 2 heterocycles. The number of hydrogen-bond acceptors (Lipinski definition) is 1. The van der Waals surface area contributed by atoms with Crippen LogP contribution in [0, 0.1) is 0 Å². The van der Waals surface area contributed by atoms with Gasteiger partial charge in [-0.2, -0.15) is 4.58 Å². The molecule has 0 aliphatic carbocycles. The minimum atomic E-state index is 1.15. The van der Waals surface area contributed by atoms with Crippen molar-refractivity contribution in [2.45, 2.75) is 0 Å². The Morgan fingerprint density at radius 3 is 1.63 bits per heavy atom. The molecule has 8 aromatic carbocycles. The predicted molar refractivity (Wildman–Crippen MR) is 210 cm³/mol. The molecule has 0 atom stereocenters. The van der Waals surface area contributed by atoms with Gasteiger partial charge in [0.25, 0.3) is 0 Å². The van der Waals surface area contributed by atoms with Gasteiger partial charge in [0, 0.05) is 43.4 Å². The van der Waals surface area contributed by atoms with Crippen molar-refractivity contribution in [1.29, 1.82) is 0 Å². The van der Waals surface area contributed by atoms with Crippen molar-refractivity contribution >= 4 is 70.2 Å². The average Bonchev–Trinajstić information content (AvgIpc) is 3.52. The molecule has 0 bridgehead atoms. The highest BCUT2D eigenvalue weighted by Gasteiger charge is 2.35. The van der Waals surface area contributed by atoms with Gasteiger partial charge in [-0.15, -0.1) is 11.3 Å². The normalized spacial score (nSPS) is 12.9. The summed E-state index contributed by atoms with van der Waals surface area (Å²) in [7, 11) is 0. The molecule has 1 aliphatic heterocycles. The van der Waals surface area contributed by atoms with E-state index in [4.69, 9.17) is 0 Å². The Morgan fingerprint density at radius 2 is 0.939 bits per heavy atom. The summed E-state index contributed by atoms with van der Waals surface area (Å²) in [6.45, 7) is 0. The van der Waals surface area contributed by atoms with Crippen LogP contribution in [0.25, 0.3) is 69.7 Å². The zero-order valence-electron chi connectivity index (χ0n) is 26.7. The van der Waals surface area contributed by atoms with Gasteiger partial charge in [-0.3, -0.25) is 0 Å². The van der Waals surface area contributed by atoms with Gasteiger partial charge >= 0.3 is 0 Å². The fourth-order valence-corrected chi connectivity index (χ4v) is 8.67. The number of fused-ring (bicyclic) bond motifs is 5. The highest BCUT2D eigenvalue weighted by Crippen LogP contribution is 2.42. The maximum atomic E-state index is 2.47. The molecule has 228 valence electrons. The maximum absolute atomic E-state index is 2.47. The minimum absolute atomic E-state index is 1.15. The van der Waals surface area contributed by atoms with Gasteiger partial charge in [-0.1, -0.05) is 127 Å². The van der Waals surface area contributed by atoms with E-state index in [1.807, 2.05) is 11.3 Å². The Kier molecular flexibility index (Phi) is 6.43. The number of rotatable bonds is 5. The minimum Gasteiger partial charge on any atom is -0.152 e. The topological polar surface area (TPSA) is 3.01 Å². The third kappa shape index (κ3) is 4.64. The van der Waals surface area contributed by atoms with Gasteiger partial charge in [0.2, 0.25) is 17.1 Å². The molecule has 2 heteroatoms. The molecule has 0 N–H and O–H groups in total. The monoisotopic (exact) mass is 640 g/mol. The molecule has 49 heavy (non-hydrogen) atoms. The van der Waals surface area contributed by atoms with E-state index >= 15 is 0 Å². The lowest BCUT2D eigenvalue weighted by molar-refractivity contribution is -0.341. The quantitative estimate of drug-likeness (QED) is 0.165. The summed E-state index contributed by atoms with van der Waals surface area (Å²) in [6.07, 6.45) is 2.35. The van der Waals surface area contributed by atoms with Crippen molar-refractivity contribution in [1.82, 2.24) is 0 Å². The highest BCUT2D eigenvalue weighted by molar-refractivity contribution is 7.25. The van der Waals surface area contributed by atoms with Gasteiger partial charge in [0.15, 0.2) is 0 Å². The zero-order chi connectivity index (χ0) is 32.3. The van der Waals surface area contributed by atoms with E-state index in [1.54, 1.807) is 0 Å². The van der Waals surface area contributed by atoms with Crippen LogP contribution in [-0.2, 0) is 0 Å². The Balaban J connectivity index is 1.22. The molecule has 0 unspecified atom stereocenters. The molecule has 0 saturated carbocycles. The third-order valence-corrected chi connectivity index (χ3v) is 11.0. The molecule has 1 aromatic heterocycles. The van der Waals surface area contributed by atoms with Crippen LogP contribution in [-0.4, -0.2) is 10.3 Å². The number of benzene rings is 8. The summed E-state index contributed by atoms with van der Waals surface area (Å²) >= 11 is 1.87. The standard InChI is InChI=1S/C47H30NS/c1-2-14-33(15-3-1)44-30-45(34-24-25-43-42-20-8-9-23-46(42)49-47(43)29-34)48(44)37-27-35(40-21-10-16-31-12-4-6-18-38(31)40)26-36(28-37)41-22-11-17-32-13-5-7-19-39(32)41/h1-30H/q+1. The van der Waals surface area contributed by atoms with Crippen molar-refractivity contribution in [3.05, 3.63) is 193 Å². The van der Waals surface area contributed by atoms with Gasteiger partial charge < -0.3 is 0 Å². The fourth-order valence-electron chi connectivity index (χ4n) is 7.52. The van der Waals surface area contributed by atoms with E-state index in [1.165, 1.54) is 86.5 Å². The molecule has 1 nitrogen and oxygen atoms in total. The maximum Gasteiger partial charge on any atom is 0.225 e. The number of hydrogen-bond donors (Lipinski definition) is 0. The molecular formula is C47H30NS+. The van der Waals surface area contributed by atoms with Crippen LogP contribution in [0.15, 0.2) is 182 Å². The van der Waals surface area contributed by atoms with E-state index < -0.39 is 0 Å². The first kappa shape index (κ1) is 28.0. The first-order chi connectivity index (χ1) is 24.3. The second-order valence-electron chi connectivity index (χ2n) is 12.7. The highest BCUT2D eigenvalue weighted by atomic mass is 32.1. The van der Waals surface area contributed by atoms with E-state index in [0.717, 1.165) is 5.69 Å². The lowest BCUT2D eigenvalue weighted by atomic mass is 9.91. The van der Waals surface area contributed by atoms with Crippen LogP contribution < -0.4 is 0 Å². The SMILES string of the molecule is C1=C(c2ccc3c(c2)sc2ccccc23)[N+](c2cc(-c3cccc4ccccc34)cc(-c3cccc4ccccc34)c2)=C1c1ccccc1. The number of nitrogens with zero attached hydrogens (tertiary/aromatic N) is 1. The van der Waals surface area contributed by atoms with Crippen LogP contribution in [0.5, 0.6) is 0 Å². The van der Waals surface area contributed by atoms with E-state index in [0.29, 0.717) is 0 Å². The summed E-state index contributed by atoms with van der Waals surface area (Å²) in [5.41, 5.74) is 10.9. The molecule has 0 radical (unpaired) electrons. The van der Waals surface area contributed by atoms with Crippen LogP contribution in [0.4, 0.5) is 5.69 Å². The summed E-state index contributed by atoms with van der Waals surface area (Å²) in [4.78, 5) is 0. The predicted octanol–water partition coefficient (Wildman–Crippen LogP) is 12.9. The largest absolute Gasteiger partial charge is 0.225 e. The first-order valence-corrected chi connectivity index (χ1v) is 17.6. The van der Waals surface area contributed by atoms with Gasteiger partial charge in [-0.05, 0) is 80.2 Å². The van der Waals surface area contributed by atoms with Crippen LogP contribution >= 0.6 is 11.3 Å². The smallest absolute Gasteiger partial charge is 0.152 e. The Labute approximate surface area is 289 Å². The van der Waals surface area contributed by atoms with E-state index in [2.05, 4.69) is 187 Å². The lowest BCUT2D eigenvalue weighted by Gasteiger charge is -2.20. The second-order valence-corrected chi connectivity index (χ2v) is 13.8. The average molecular weight is 641 g/mol. The third-order valence-electron chi connectivity index (χ3n) is 9.88. The molecular weight excluding hydrogens is 611 g/mol. The van der Waals surface area contributed by atoms with E-state index in [9.17, 15) is 0 Å². The molecule has 1 aliphatic rings. The summed E-state index contributed by atoms with van der Waals surface area (Å²) in [5, 5.41) is 7.65. The first-order valence-electron chi connectivity index (χ1n) is 16.8. The Morgan fingerprint density at radius 1 is 0.367 bits per heavy atom. The van der Waals surface area contributed by atoms with Crippen molar-refractivity contribution in [3.8, 4) is 22.3 Å². The Hall–Kier alpha value is -6.09. The van der Waals surface area contributed by atoms with Crippen LogP contribution in [0.3, 0.4) is 0 Å². The van der Waals surface area contributed by atoms with E-state index in [-0.39, 0.29) is 0 Å². The fraction of sp³-hybridized carbons (Fsp3) is 0. The van der Waals surface area contributed by atoms with Gasteiger partial charge in [0.05, 0.1) is 6.08 Å². The summed E-state index contributed by atoms with van der Waals surface area (Å²) in [5.74, 6) is 0.